The summed E-state index contributed by atoms with van der Waals surface area (Å²) < 4.78 is 0. The van der Waals surface area contributed by atoms with Gasteiger partial charge in [0.05, 0.1) is 0 Å². The van der Waals surface area contributed by atoms with E-state index in [0.717, 1.165) is 11.8 Å². The van der Waals surface area contributed by atoms with E-state index in [1.165, 1.54) is 19.4 Å². The molecule has 0 aromatic carbocycles. The van der Waals surface area contributed by atoms with Crippen molar-refractivity contribution in [2.45, 2.75) is 33.6 Å². The van der Waals surface area contributed by atoms with E-state index >= 15 is 0 Å². The molecule has 0 radical (unpaired) electrons. The molecular formula is C10H21N. The first-order chi connectivity index (χ1) is 5.08. The predicted octanol–water partition coefficient (Wildman–Crippen LogP) is 2.28. The summed E-state index contributed by atoms with van der Waals surface area (Å²) in [5.74, 6) is 1.80. The molecule has 66 valence electrons. The van der Waals surface area contributed by atoms with Crippen LogP contribution >= 0.6 is 0 Å². The van der Waals surface area contributed by atoms with Gasteiger partial charge in [-0.3, -0.25) is 0 Å². The van der Waals surface area contributed by atoms with Crippen molar-refractivity contribution >= 4 is 0 Å². The van der Waals surface area contributed by atoms with Gasteiger partial charge < -0.3 is 5.32 Å². The molecule has 0 heterocycles. The van der Waals surface area contributed by atoms with Crippen LogP contribution in [-0.4, -0.2) is 13.6 Å². The van der Waals surface area contributed by atoms with E-state index in [2.05, 4.69) is 33.1 Å². The van der Waals surface area contributed by atoms with Crippen LogP contribution in [0.15, 0.2) is 0 Å². The normalized spacial score (nSPS) is 36.0. The first-order valence-corrected chi connectivity index (χ1v) is 4.72. The molecule has 2 atom stereocenters. The van der Waals surface area contributed by atoms with Gasteiger partial charge in [-0.05, 0) is 43.7 Å². The maximum Gasteiger partial charge on any atom is -0.00159 e. The van der Waals surface area contributed by atoms with Crippen LogP contribution in [0.4, 0.5) is 0 Å². The van der Waals surface area contributed by atoms with Crippen LogP contribution in [0.1, 0.15) is 33.6 Å². The van der Waals surface area contributed by atoms with E-state index in [1.807, 2.05) is 0 Å². The lowest BCUT2D eigenvalue weighted by molar-refractivity contribution is 0.222. The van der Waals surface area contributed by atoms with E-state index in [9.17, 15) is 0 Å². The molecular weight excluding hydrogens is 134 g/mol. The van der Waals surface area contributed by atoms with Gasteiger partial charge in [0.1, 0.15) is 0 Å². The first-order valence-electron chi connectivity index (χ1n) is 4.72. The molecule has 1 rings (SSSR count). The van der Waals surface area contributed by atoms with Gasteiger partial charge in [0.15, 0.2) is 0 Å². The first kappa shape index (κ1) is 9.05. The summed E-state index contributed by atoms with van der Waals surface area (Å²) in [5, 5.41) is 3.30. The largest absolute Gasteiger partial charge is 0.319 e. The molecule has 1 aliphatic rings. The van der Waals surface area contributed by atoms with Crippen molar-refractivity contribution in [1.82, 2.24) is 5.32 Å². The third-order valence-corrected chi connectivity index (χ3v) is 3.36. The van der Waals surface area contributed by atoms with Gasteiger partial charge in [-0.1, -0.05) is 20.8 Å². The smallest absolute Gasteiger partial charge is 0.00159 e. The summed E-state index contributed by atoms with van der Waals surface area (Å²) in [6, 6.07) is 0. The highest BCUT2D eigenvalue weighted by molar-refractivity contribution is 4.89. The van der Waals surface area contributed by atoms with Crippen LogP contribution < -0.4 is 5.32 Å². The Kier molecular flexibility index (Phi) is 2.58. The Balaban J connectivity index is 2.57. The van der Waals surface area contributed by atoms with Gasteiger partial charge in [-0.25, -0.2) is 0 Å². The highest BCUT2D eigenvalue weighted by Gasteiger charge is 2.38. The molecule has 1 N–H and O–H groups in total. The Bertz CT molecular complexity index is 129. The lowest BCUT2D eigenvalue weighted by atomic mass is 9.79. The minimum absolute atomic E-state index is 0.572. The number of nitrogens with one attached hydrogen (secondary N) is 1. The maximum atomic E-state index is 3.30. The van der Waals surface area contributed by atoms with Crippen molar-refractivity contribution in [2.24, 2.45) is 17.3 Å². The van der Waals surface area contributed by atoms with E-state index in [1.54, 1.807) is 0 Å². The topological polar surface area (TPSA) is 12.0 Å². The Morgan fingerprint density at radius 3 is 2.45 bits per heavy atom. The van der Waals surface area contributed by atoms with Crippen LogP contribution in [-0.2, 0) is 0 Å². The summed E-state index contributed by atoms with van der Waals surface area (Å²) in [6.07, 6.45) is 2.82. The second-order valence-corrected chi connectivity index (χ2v) is 4.67. The monoisotopic (exact) mass is 155 g/mol. The quantitative estimate of drug-likeness (QED) is 0.645. The third-order valence-electron chi connectivity index (χ3n) is 3.36. The van der Waals surface area contributed by atoms with Gasteiger partial charge in [0.25, 0.3) is 0 Å². The Labute approximate surface area is 70.6 Å². The summed E-state index contributed by atoms with van der Waals surface area (Å²) in [4.78, 5) is 0. The zero-order chi connectivity index (χ0) is 8.48. The Hall–Kier alpha value is -0.0400. The summed E-state index contributed by atoms with van der Waals surface area (Å²) >= 11 is 0. The van der Waals surface area contributed by atoms with Crippen molar-refractivity contribution in [3.63, 3.8) is 0 Å². The third kappa shape index (κ3) is 1.76. The van der Waals surface area contributed by atoms with Crippen LogP contribution in [0.5, 0.6) is 0 Å². The average molecular weight is 155 g/mol. The zero-order valence-electron chi connectivity index (χ0n) is 8.28. The van der Waals surface area contributed by atoms with Gasteiger partial charge in [-0.15, -0.1) is 0 Å². The van der Waals surface area contributed by atoms with Crippen LogP contribution in [0.25, 0.3) is 0 Å². The lowest BCUT2D eigenvalue weighted by Crippen LogP contribution is -2.30. The number of hydrogen-bond donors (Lipinski definition) is 1. The highest BCUT2D eigenvalue weighted by atomic mass is 14.8. The van der Waals surface area contributed by atoms with Gasteiger partial charge in [-0.2, -0.15) is 0 Å². The highest BCUT2D eigenvalue weighted by Crippen LogP contribution is 2.45. The molecule has 0 saturated heterocycles. The number of hydrogen-bond acceptors (Lipinski definition) is 1. The Morgan fingerprint density at radius 2 is 2.09 bits per heavy atom. The van der Waals surface area contributed by atoms with Crippen molar-refractivity contribution < 1.29 is 0 Å². The molecule has 1 nitrogen and oxygen atoms in total. The maximum absolute atomic E-state index is 3.30. The molecule has 1 heteroatoms. The molecule has 0 spiro atoms. The fraction of sp³-hybridized carbons (Fsp3) is 1.00. The van der Waals surface area contributed by atoms with Crippen LogP contribution in [0.2, 0.25) is 0 Å². The average Bonchev–Trinajstić information content (AvgIpc) is 2.16. The fourth-order valence-electron chi connectivity index (χ4n) is 2.45. The molecule has 2 unspecified atom stereocenters. The standard InChI is InChI=1S/C10H21N/c1-8-5-6-10(2,3)9(8)7-11-4/h8-9,11H,5-7H2,1-4H3. The second kappa shape index (κ2) is 3.14. The molecule has 0 bridgehead atoms. The van der Waals surface area contributed by atoms with Crippen LogP contribution in [0.3, 0.4) is 0 Å². The molecule has 0 amide bonds. The summed E-state index contributed by atoms with van der Waals surface area (Å²) in [7, 11) is 2.06. The van der Waals surface area contributed by atoms with Crippen molar-refractivity contribution in [1.29, 1.82) is 0 Å². The predicted molar refractivity (Wildman–Crippen MR) is 49.6 cm³/mol. The molecule has 1 saturated carbocycles. The molecule has 1 aliphatic carbocycles. The molecule has 0 aromatic rings. The van der Waals surface area contributed by atoms with Crippen LogP contribution in [0, 0.1) is 17.3 Å². The molecule has 11 heavy (non-hydrogen) atoms. The minimum Gasteiger partial charge on any atom is -0.319 e. The second-order valence-electron chi connectivity index (χ2n) is 4.67. The van der Waals surface area contributed by atoms with E-state index in [-0.39, 0.29) is 0 Å². The van der Waals surface area contributed by atoms with Crippen molar-refractivity contribution in [2.75, 3.05) is 13.6 Å². The van der Waals surface area contributed by atoms with Gasteiger partial charge >= 0.3 is 0 Å². The fourth-order valence-corrected chi connectivity index (χ4v) is 2.45. The SMILES string of the molecule is CNCC1C(C)CCC1(C)C. The summed E-state index contributed by atoms with van der Waals surface area (Å²) in [5.41, 5.74) is 0.572. The van der Waals surface area contributed by atoms with E-state index in [4.69, 9.17) is 0 Å². The van der Waals surface area contributed by atoms with Crippen molar-refractivity contribution in [3.8, 4) is 0 Å². The molecule has 1 fully saturated rings. The van der Waals surface area contributed by atoms with Gasteiger partial charge in [0.2, 0.25) is 0 Å². The minimum atomic E-state index is 0.572. The molecule has 0 aromatic heterocycles. The zero-order valence-corrected chi connectivity index (χ0v) is 8.28. The van der Waals surface area contributed by atoms with E-state index < -0.39 is 0 Å². The van der Waals surface area contributed by atoms with Gasteiger partial charge in [0, 0.05) is 0 Å². The lowest BCUT2D eigenvalue weighted by Gasteiger charge is -2.29. The Morgan fingerprint density at radius 1 is 1.45 bits per heavy atom. The van der Waals surface area contributed by atoms with Crippen molar-refractivity contribution in [3.05, 3.63) is 0 Å². The number of rotatable bonds is 2. The van der Waals surface area contributed by atoms with E-state index in [0.29, 0.717) is 5.41 Å². The molecule has 0 aliphatic heterocycles. The summed E-state index contributed by atoms with van der Waals surface area (Å²) in [6.45, 7) is 8.38.